The van der Waals surface area contributed by atoms with Gasteiger partial charge in [0.15, 0.2) is 0 Å². The van der Waals surface area contributed by atoms with Gasteiger partial charge in [-0.15, -0.1) is 11.3 Å². The Morgan fingerprint density at radius 3 is 2.84 bits per heavy atom. The lowest BCUT2D eigenvalue weighted by molar-refractivity contribution is 0.119. The van der Waals surface area contributed by atoms with Crippen LogP contribution in [0.3, 0.4) is 0 Å². The summed E-state index contributed by atoms with van der Waals surface area (Å²) in [6.45, 7) is 2.27. The minimum Gasteiger partial charge on any atom is -0.376 e. The maximum absolute atomic E-state index is 13.7. The molecule has 0 saturated carbocycles. The third-order valence-corrected chi connectivity index (χ3v) is 4.31. The molecule has 0 atom stereocenters. The summed E-state index contributed by atoms with van der Waals surface area (Å²) in [4.78, 5) is 5.26. The van der Waals surface area contributed by atoms with Gasteiger partial charge in [0.25, 0.3) is 0 Å². The molecule has 0 amide bonds. The molecule has 0 aliphatic rings. The average molecular weight is 348 g/mol. The molecular formula is C13H12BrF2NOS. The van der Waals surface area contributed by atoms with E-state index in [4.69, 9.17) is 4.74 Å². The van der Waals surface area contributed by atoms with E-state index in [9.17, 15) is 8.78 Å². The summed E-state index contributed by atoms with van der Waals surface area (Å²) in [6, 6.07) is 2.56. The summed E-state index contributed by atoms with van der Waals surface area (Å²) in [5.74, 6) is -1.19. The number of aromatic nitrogens is 1. The highest BCUT2D eigenvalue weighted by Crippen LogP contribution is 2.22. The molecule has 2 rings (SSSR count). The van der Waals surface area contributed by atoms with Gasteiger partial charge in [-0.25, -0.2) is 13.8 Å². The summed E-state index contributed by atoms with van der Waals surface area (Å²) >= 11 is 4.58. The first-order chi connectivity index (χ1) is 9.09. The zero-order valence-corrected chi connectivity index (χ0v) is 12.7. The number of thiazole rings is 1. The van der Waals surface area contributed by atoms with Gasteiger partial charge in [-0.3, -0.25) is 0 Å². The smallest absolute Gasteiger partial charge is 0.145 e. The number of aryl methyl sites for hydroxylation is 1. The minimum atomic E-state index is -0.603. The van der Waals surface area contributed by atoms with Crippen LogP contribution in [0.5, 0.6) is 0 Å². The quantitative estimate of drug-likeness (QED) is 0.595. The molecular weight excluding hydrogens is 336 g/mol. The van der Waals surface area contributed by atoms with Gasteiger partial charge in [-0.05, 0) is 35.0 Å². The molecule has 1 heterocycles. The molecule has 19 heavy (non-hydrogen) atoms. The van der Waals surface area contributed by atoms with E-state index in [0.29, 0.717) is 13.0 Å². The Kier molecular flexibility index (Phi) is 5.01. The molecule has 2 nitrogen and oxygen atoms in total. The van der Waals surface area contributed by atoms with Gasteiger partial charge in [0.05, 0.1) is 34.5 Å². The summed E-state index contributed by atoms with van der Waals surface area (Å²) < 4.78 is 32.7. The van der Waals surface area contributed by atoms with Crippen molar-refractivity contribution in [1.82, 2.24) is 4.98 Å². The molecule has 0 bridgehead atoms. The van der Waals surface area contributed by atoms with Crippen LogP contribution in [-0.4, -0.2) is 11.6 Å². The van der Waals surface area contributed by atoms with Crippen molar-refractivity contribution in [1.29, 1.82) is 0 Å². The molecule has 1 aromatic carbocycles. The molecule has 6 heteroatoms. The first kappa shape index (κ1) is 14.6. The van der Waals surface area contributed by atoms with Gasteiger partial charge in [-0.1, -0.05) is 0 Å². The maximum Gasteiger partial charge on any atom is 0.145 e. The van der Waals surface area contributed by atoms with Crippen LogP contribution in [0.15, 0.2) is 22.1 Å². The Hall–Kier alpha value is -0.850. The van der Waals surface area contributed by atoms with Crippen molar-refractivity contribution in [3.63, 3.8) is 0 Å². The second-order valence-electron chi connectivity index (χ2n) is 3.99. The Balaban J connectivity index is 1.90. The molecule has 0 aliphatic carbocycles. The van der Waals surface area contributed by atoms with Gasteiger partial charge < -0.3 is 4.74 Å². The van der Waals surface area contributed by atoms with Crippen LogP contribution in [0, 0.1) is 18.6 Å². The van der Waals surface area contributed by atoms with Crippen LogP contribution < -0.4 is 0 Å². The third-order valence-electron chi connectivity index (χ3n) is 2.70. The van der Waals surface area contributed by atoms with Crippen molar-refractivity contribution in [2.24, 2.45) is 0 Å². The molecule has 102 valence electrons. The van der Waals surface area contributed by atoms with Gasteiger partial charge >= 0.3 is 0 Å². The molecule has 0 unspecified atom stereocenters. The van der Waals surface area contributed by atoms with Crippen LogP contribution in [-0.2, 0) is 17.8 Å². The fourth-order valence-corrected chi connectivity index (χ4v) is 2.74. The standard InChI is InChI=1S/C13H12BrF2NOS/c1-8-12(19-7-17-8)4-5-18-6-9-11(15)3-2-10(14)13(9)16/h2-3,7H,4-6H2,1H3. The lowest BCUT2D eigenvalue weighted by Crippen LogP contribution is -2.03. The summed E-state index contributed by atoms with van der Waals surface area (Å²) in [5, 5.41) is 0. The maximum atomic E-state index is 13.7. The predicted octanol–water partition coefficient (Wildman–Crippen LogP) is 4.25. The van der Waals surface area contributed by atoms with E-state index in [-0.39, 0.29) is 16.6 Å². The van der Waals surface area contributed by atoms with Crippen molar-refractivity contribution < 1.29 is 13.5 Å². The molecule has 0 aliphatic heterocycles. The van der Waals surface area contributed by atoms with E-state index >= 15 is 0 Å². The van der Waals surface area contributed by atoms with E-state index in [1.54, 1.807) is 16.8 Å². The first-order valence-electron chi connectivity index (χ1n) is 5.68. The van der Waals surface area contributed by atoms with E-state index in [1.807, 2.05) is 6.92 Å². The number of hydrogen-bond acceptors (Lipinski definition) is 3. The normalized spacial score (nSPS) is 10.9. The van der Waals surface area contributed by atoms with E-state index in [2.05, 4.69) is 20.9 Å². The zero-order chi connectivity index (χ0) is 13.8. The average Bonchev–Trinajstić information content (AvgIpc) is 2.79. The molecule has 0 saturated heterocycles. The van der Waals surface area contributed by atoms with Gasteiger partial charge in [-0.2, -0.15) is 0 Å². The van der Waals surface area contributed by atoms with Crippen molar-refractivity contribution in [3.05, 3.63) is 49.9 Å². The number of ether oxygens (including phenoxy) is 1. The molecule has 0 fully saturated rings. The largest absolute Gasteiger partial charge is 0.376 e. The highest BCUT2D eigenvalue weighted by molar-refractivity contribution is 9.10. The minimum absolute atomic E-state index is 0.0459. The predicted molar refractivity (Wildman–Crippen MR) is 74.3 cm³/mol. The van der Waals surface area contributed by atoms with E-state index < -0.39 is 11.6 Å². The Morgan fingerprint density at radius 2 is 2.16 bits per heavy atom. The number of benzene rings is 1. The Morgan fingerprint density at radius 1 is 1.37 bits per heavy atom. The van der Waals surface area contributed by atoms with Crippen molar-refractivity contribution >= 4 is 27.3 Å². The van der Waals surface area contributed by atoms with E-state index in [0.717, 1.165) is 10.6 Å². The van der Waals surface area contributed by atoms with Crippen LogP contribution in [0.2, 0.25) is 0 Å². The second-order valence-corrected chi connectivity index (χ2v) is 5.78. The molecule has 0 radical (unpaired) electrons. The van der Waals surface area contributed by atoms with Crippen LogP contribution in [0.4, 0.5) is 8.78 Å². The second kappa shape index (κ2) is 6.54. The van der Waals surface area contributed by atoms with Crippen LogP contribution in [0.25, 0.3) is 0 Å². The molecule has 2 aromatic rings. The fraction of sp³-hybridized carbons (Fsp3) is 0.308. The summed E-state index contributed by atoms with van der Waals surface area (Å²) in [7, 11) is 0. The topological polar surface area (TPSA) is 22.1 Å². The fourth-order valence-electron chi connectivity index (χ4n) is 1.61. The lowest BCUT2D eigenvalue weighted by Gasteiger charge is -2.07. The third kappa shape index (κ3) is 3.58. The van der Waals surface area contributed by atoms with Crippen LogP contribution >= 0.6 is 27.3 Å². The molecule has 0 spiro atoms. The Labute approximate surface area is 122 Å². The van der Waals surface area contributed by atoms with Crippen molar-refractivity contribution in [3.8, 4) is 0 Å². The van der Waals surface area contributed by atoms with Gasteiger partial charge in [0.1, 0.15) is 11.6 Å². The number of rotatable bonds is 5. The SMILES string of the molecule is Cc1ncsc1CCOCc1c(F)ccc(Br)c1F. The van der Waals surface area contributed by atoms with Gasteiger partial charge in [0, 0.05) is 11.3 Å². The zero-order valence-electron chi connectivity index (χ0n) is 10.3. The number of hydrogen-bond donors (Lipinski definition) is 0. The molecule has 0 N–H and O–H groups in total. The van der Waals surface area contributed by atoms with E-state index in [1.165, 1.54) is 12.1 Å². The lowest BCUT2D eigenvalue weighted by atomic mass is 10.2. The van der Waals surface area contributed by atoms with Crippen molar-refractivity contribution in [2.75, 3.05) is 6.61 Å². The first-order valence-corrected chi connectivity index (χ1v) is 7.36. The highest BCUT2D eigenvalue weighted by atomic mass is 79.9. The summed E-state index contributed by atoms with van der Waals surface area (Å²) in [6.07, 6.45) is 0.702. The number of halogens is 3. The van der Waals surface area contributed by atoms with Crippen molar-refractivity contribution in [2.45, 2.75) is 20.0 Å². The monoisotopic (exact) mass is 347 g/mol. The van der Waals surface area contributed by atoms with Gasteiger partial charge in [0.2, 0.25) is 0 Å². The summed E-state index contributed by atoms with van der Waals surface area (Å²) in [5.41, 5.74) is 2.71. The molecule has 1 aromatic heterocycles. The number of nitrogens with zero attached hydrogens (tertiary/aromatic N) is 1. The highest BCUT2D eigenvalue weighted by Gasteiger charge is 2.12. The van der Waals surface area contributed by atoms with Crippen LogP contribution in [0.1, 0.15) is 16.1 Å². The Bertz CT molecular complexity index is 574.